The summed E-state index contributed by atoms with van der Waals surface area (Å²) in [4.78, 5) is 3.97. The number of hydrogen-bond acceptors (Lipinski definition) is 1. The Morgan fingerprint density at radius 1 is 0.944 bits per heavy atom. The molecule has 2 rings (SSSR count). The molecule has 2 aromatic rings. The fourth-order valence-corrected chi connectivity index (χ4v) is 1.76. The van der Waals surface area contributed by atoms with Gasteiger partial charge in [0.2, 0.25) is 0 Å². The van der Waals surface area contributed by atoms with Crippen molar-refractivity contribution in [1.82, 2.24) is 4.98 Å². The van der Waals surface area contributed by atoms with E-state index in [2.05, 4.69) is 4.98 Å². The van der Waals surface area contributed by atoms with Crippen LogP contribution in [0.15, 0.2) is 30.5 Å². The van der Waals surface area contributed by atoms with Crippen LogP contribution in [-0.4, -0.2) is 4.98 Å². The molecule has 0 aliphatic carbocycles. The Kier molecular flexibility index (Phi) is 3.70. The SMILES string of the molecule is Cc1ccc(CCc2cnc(C)c(F)c2)cc1F. The van der Waals surface area contributed by atoms with Crippen molar-refractivity contribution in [2.45, 2.75) is 26.7 Å². The van der Waals surface area contributed by atoms with Crippen molar-refractivity contribution in [2.75, 3.05) is 0 Å². The van der Waals surface area contributed by atoms with E-state index in [0.29, 0.717) is 24.1 Å². The number of nitrogens with zero attached hydrogens (tertiary/aromatic N) is 1. The molecule has 0 saturated carbocycles. The second-order valence-electron chi connectivity index (χ2n) is 4.49. The van der Waals surface area contributed by atoms with Crippen LogP contribution in [0.3, 0.4) is 0 Å². The average molecular weight is 247 g/mol. The second kappa shape index (κ2) is 5.25. The zero-order chi connectivity index (χ0) is 13.1. The topological polar surface area (TPSA) is 12.9 Å². The minimum atomic E-state index is -0.289. The Morgan fingerprint density at radius 2 is 1.61 bits per heavy atom. The molecule has 3 heteroatoms. The fourth-order valence-electron chi connectivity index (χ4n) is 1.76. The predicted molar refractivity (Wildman–Crippen MR) is 67.5 cm³/mol. The van der Waals surface area contributed by atoms with Crippen molar-refractivity contribution in [1.29, 1.82) is 0 Å². The molecule has 0 unspecified atom stereocenters. The van der Waals surface area contributed by atoms with Gasteiger partial charge in [-0.3, -0.25) is 4.98 Å². The first-order valence-electron chi connectivity index (χ1n) is 5.92. The van der Waals surface area contributed by atoms with Crippen molar-refractivity contribution in [3.05, 3.63) is 64.5 Å². The summed E-state index contributed by atoms with van der Waals surface area (Å²) >= 11 is 0. The van der Waals surface area contributed by atoms with Crippen LogP contribution in [0.1, 0.15) is 22.4 Å². The Morgan fingerprint density at radius 3 is 2.28 bits per heavy atom. The molecule has 0 spiro atoms. The maximum Gasteiger partial charge on any atom is 0.144 e. The Hall–Kier alpha value is -1.77. The molecule has 1 heterocycles. The number of halogens is 2. The Labute approximate surface area is 105 Å². The van der Waals surface area contributed by atoms with Crippen molar-refractivity contribution in [2.24, 2.45) is 0 Å². The van der Waals surface area contributed by atoms with E-state index in [9.17, 15) is 8.78 Å². The lowest BCUT2D eigenvalue weighted by Gasteiger charge is -2.04. The highest BCUT2D eigenvalue weighted by Crippen LogP contribution is 2.13. The van der Waals surface area contributed by atoms with E-state index in [1.54, 1.807) is 26.1 Å². The van der Waals surface area contributed by atoms with E-state index < -0.39 is 0 Å². The molecular formula is C15H15F2N. The van der Waals surface area contributed by atoms with Crippen LogP contribution in [-0.2, 0) is 12.8 Å². The summed E-state index contributed by atoms with van der Waals surface area (Å²) in [6.45, 7) is 3.37. The molecular weight excluding hydrogens is 232 g/mol. The van der Waals surface area contributed by atoms with Gasteiger partial charge in [0.25, 0.3) is 0 Å². The van der Waals surface area contributed by atoms with Crippen LogP contribution >= 0.6 is 0 Å². The number of aryl methyl sites for hydroxylation is 4. The summed E-state index contributed by atoms with van der Waals surface area (Å²) in [6, 6.07) is 6.69. The Balaban J connectivity index is 2.06. The molecule has 0 amide bonds. The fraction of sp³-hybridized carbons (Fsp3) is 0.267. The van der Waals surface area contributed by atoms with Crippen molar-refractivity contribution in [3.63, 3.8) is 0 Å². The first-order valence-corrected chi connectivity index (χ1v) is 5.92. The van der Waals surface area contributed by atoms with Gasteiger partial charge in [0.05, 0.1) is 5.69 Å². The van der Waals surface area contributed by atoms with Crippen LogP contribution in [0.2, 0.25) is 0 Å². The van der Waals surface area contributed by atoms with Gasteiger partial charge < -0.3 is 0 Å². The summed E-state index contributed by atoms with van der Waals surface area (Å²) in [5, 5.41) is 0. The molecule has 0 radical (unpaired) electrons. The Bertz CT molecular complexity index is 513. The third-order valence-electron chi connectivity index (χ3n) is 3.02. The van der Waals surface area contributed by atoms with Crippen molar-refractivity contribution >= 4 is 0 Å². The van der Waals surface area contributed by atoms with E-state index in [4.69, 9.17) is 0 Å². The molecule has 0 N–H and O–H groups in total. The first-order chi connectivity index (χ1) is 8.56. The summed E-state index contributed by atoms with van der Waals surface area (Å²) in [5.41, 5.74) is 2.79. The van der Waals surface area contributed by atoms with Crippen molar-refractivity contribution < 1.29 is 8.78 Å². The van der Waals surface area contributed by atoms with Crippen molar-refractivity contribution in [3.8, 4) is 0 Å². The molecule has 94 valence electrons. The van der Waals surface area contributed by atoms with Gasteiger partial charge >= 0.3 is 0 Å². The van der Waals surface area contributed by atoms with Gasteiger partial charge in [-0.1, -0.05) is 12.1 Å². The average Bonchev–Trinajstić information content (AvgIpc) is 2.35. The van der Waals surface area contributed by atoms with Crippen LogP contribution in [0, 0.1) is 25.5 Å². The third-order valence-corrected chi connectivity index (χ3v) is 3.02. The van der Waals surface area contributed by atoms with Crippen LogP contribution in [0.5, 0.6) is 0 Å². The van der Waals surface area contributed by atoms with Gasteiger partial charge in [-0.05, 0) is 55.5 Å². The van der Waals surface area contributed by atoms with Gasteiger partial charge in [0, 0.05) is 6.20 Å². The molecule has 0 saturated heterocycles. The zero-order valence-corrected chi connectivity index (χ0v) is 10.5. The summed E-state index contributed by atoms with van der Waals surface area (Å²) in [6.07, 6.45) is 3.01. The molecule has 0 fully saturated rings. The van der Waals surface area contributed by atoms with Gasteiger partial charge in [-0.25, -0.2) is 8.78 Å². The van der Waals surface area contributed by atoms with E-state index in [0.717, 1.165) is 11.1 Å². The lowest BCUT2D eigenvalue weighted by atomic mass is 10.0. The summed E-state index contributed by atoms with van der Waals surface area (Å²) in [7, 11) is 0. The molecule has 1 nitrogen and oxygen atoms in total. The van der Waals surface area contributed by atoms with E-state index >= 15 is 0 Å². The van der Waals surface area contributed by atoms with Gasteiger partial charge in [-0.2, -0.15) is 0 Å². The van der Waals surface area contributed by atoms with Crippen LogP contribution in [0.4, 0.5) is 8.78 Å². The lowest BCUT2D eigenvalue weighted by molar-refractivity contribution is 0.605. The number of rotatable bonds is 3. The molecule has 0 aliphatic heterocycles. The highest BCUT2D eigenvalue weighted by atomic mass is 19.1. The van der Waals surface area contributed by atoms with Gasteiger partial charge in [0.1, 0.15) is 11.6 Å². The minimum Gasteiger partial charge on any atom is -0.258 e. The normalized spacial score (nSPS) is 10.7. The largest absolute Gasteiger partial charge is 0.258 e. The molecule has 1 aromatic carbocycles. The first kappa shape index (κ1) is 12.7. The summed E-state index contributed by atoms with van der Waals surface area (Å²) < 4.78 is 26.6. The quantitative estimate of drug-likeness (QED) is 0.804. The molecule has 0 bridgehead atoms. The smallest absolute Gasteiger partial charge is 0.144 e. The zero-order valence-electron chi connectivity index (χ0n) is 10.5. The number of pyridine rings is 1. The molecule has 18 heavy (non-hydrogen) atoms. The number of hydrogen-bond donors (Lipinski definition) is 0. The lowest BCUT2D eigenvalue weighted by Crippen LogP contribution is -1.96. The summed E-state index contributed by atoms with van der Waals surface area (Å²) in [5.74, 6) is -0.483. The van der Waals surface area contributed by atoms with Gasteiger partial charge in [0.15, 0.2) is 0 Å². The molecule has 1 aromatic heterocycles. The second-order valence-corrected chi connectivity index (χ2v) is 4.49. The monoisotopic (exact) mass is 247 g/mol. The third kappa shape index (κ3) is 2.92. The van der Waals surface area contributed by atoms with E-state index in [-0.39, 0.29) is 11.6 Å². The minimum absolute atomic E-state index is 0.194. The predicted octanol–water partition coefficient (Wildman–Crippen LogP) is 3.76. The van der Waals surface area contributed by atoms with Gasteiger partial charge in [-0.15, -0.1) is 0 Å². The maximum atomic E-state index is 13.3. The molecule has 0 aliphatic rings. The van der Waals surface area contributed by atoms with Crippen LogP contribution < -0.4 is 0 Å². The molecule has 0 atom stereocenters. The standard InChI is InChI=1S/C15H15F2N/c1-10-3-4-12(7-14(10)16)5-6-13-8-15(17)11(2)18-9-13/h3-4,7-9H,5-6H2,1-2H3. The van der Waals surface area contributed by atoms with E-state index in [1.807, 2.05) is 6.07 Å². The maximum absolute atomic E-state index is 13.3. The van der Waals surface area contributed by atoms with E-state index in [1.165, 1.54) is 12.1 Å². The number of benzene rings is 1. The van der Waals surface area contributed by atoms with Crippen LogP contribution in [0.25, 0.3) is 0 Å². The highest BCUT2D eigenvalue weighted by molar-refractivity contribution is 5.25. The highest BCUT2D eigenvalue weighted by Gasteiger charge is 2.03. The number of aromatic nitrogens is 1.